The number of nitro groups is 3. The molecular weight excluding hydrogens is 1360 g/mol. The van der Waals surface area contributed by atoms with E-state index in [1.807, 2.05) is 52.5 Å². The van der Waals surface area contributed by atoms with Crippen LogP contribution in [0, 0.1) is 30.3 Å². The Labute approximate surface area is 603 Å². The van der Waals surface area contributed by atoms with Crippen molar-refractivity contribution in [2.24, 2.45) is 0 Å². The first-order chi connectivity index (χ1) is 47.0. The van der Waals surface area contributed by atoms with Crippen molar-refractivity contribution in [3.63, 3.8) is 0 Å². The number of carbonyl (C=O) groups excluding carboxylic acids is 4. The van der Waals surface area contributed by atoms with Crippen molar-refractivity contribution in [3.05, 3.63) is 109 Å². The number of nitrogen functional groups attached to an aromatic ring is 1. The van der Waals surface area contributed by atoms with Crippen molar-refractivity contribution in [2.75, 3.05) is 152 Å². The summed E-state index contributed by atoms with van der Waals surface area (Å²) in [6.45, 7) is 39.0. The van der Waals surface area contributed by atoms with Crippen LogP contribution in [0.5, 0.6) is 0 Å². The number of aliphatic hydroxyl groups is 2. The van der Waals surface area contributed by atoms with Crippen LogP contribution in [0.3, 0.4) is 0 Å². The molecule has 570 valence electrons. The lowest BCUT2D eigenvalue weighted by atomic mass is 10.2. The quantitative estimate of drug-likeness (QED) is 0.0314. The first kappa shape index (κ1) is 92.6. The van der Waals surface area contributed by atoms with E-state index in [9.17, 15) is 49.5 Å². The number of hydrogen-bond acceptors (Lipinski definition) is 29. The summed E-state index contributed by atoms with van der Waals surface area (Å²) in [6, 6.07) is 12.7. The van der Waals surface area contributed by atoms with Crippen LogP contribution in [0.2, 0.25) is 5.02 Å². The highest BCUT2D eigenvalue weighted by Gasteiger charge is 2.29. The predicted molar refractivity (Wildman–Crippen MR) is 388 cm³/mol. The van der Waals surface area contributed by atoms with Gasteiger partial charge in [-0.15, -0.1) is 12.4 Å². The van der Waals surface area contributed by atoms with Crippen LogP contribution in [-0.4, -0.2) is 233 Å². The molecule has 4 aromatic rings. The smallest absolute Gasteiger partial charge is 0.444 e. The largest absolute Gasteiger partial charge is 0.519 e. The molecule has 34 nitrogen and oxygen atoms in total. The van der Waals surface area contributed by atoms with Crippen LogP contribution < -0.4 is 36.4 Å². The molecule has 0 atom stereocenters. The predicted octanol–water partition coefficient (Wildman–Crippen LogP) is 9.47. The number of ether oxygens (including phenoxy) is 6. The summed E-state index contributed by atoms with van der Waals surface area (Å²) in [7, 11) is 1.00. The van der Waals surface area contributed by atoms with Gasteiger partial charge in [-0.1, -0.05) is 24.9 Å². The molecule has 36 heteroatoms. The number of halogens is 2. The standard InChI is InChI=1S/C14H20N4O4.C14H22N4O2.C10H18O5.C9H12N4O2.C5H3ClN2O2.C4H10N2.C4H8O.C4H10O.CH4O.ClH/c1-14(2,3)22-13(19)17-8-6-16(7-9-17)11-4-5-12(15-10-11)18(20)21;1-14(2,3)20-13(19)18-8-6-17(7-9-18)11-4-5-12(15)16-10-11;1-9(2,3)14-7(11)13-8(12)15-10(4,5)6;14-13(15)9-2-1-8(7-11-9)12-5-3-10-4-6-12;6-4-1-2-5(7-3-4)8(9)10;1-2-6-4-3-5-1;1-2-4-5-3-1;1-2-3-4-5;1-2;/h4-5,10H,6-9H2,1-3H3;4-5,10H,6-9H2,1-3H3,(H2,15,16);1-6H3;1-2,7,10H,3-6H2;1-3H;5-6H,1-4H2;1-4H2;5H,2-4H2,1H3;2H,1H3;1H. The van der Waals surface area contributed by atoms with Crippen molar-refractivity contribution in [3.8, 4) is 0 Å². The Balaban J connectivity index is 0.00000118. The molecule has 9 rings (SSSR count). The minimum Gasteiger partial charge on any atom is -0.444 e. The van der Waals surface area contributed by atoms with Gasteiger partial charge in [-0.2, -0.15) is 0 Å². The number of nitrogens with zero attached hydrogens (tertiary/aromatic N) is 12. The van der Waals surface area contributed by atoms with Gasteiger partial charge < -0.3 is 115 Å². The first-order valence-corrected chi connectivity index (χ1v) is 33.2. The number of nitrogens with one attached hydrogen (secondary N) is 3. The van der Waals surface area contributed by atoms with Gasteiger partial charge in [0.25, 0.3) is 0 Å². The molecule has 0 bridgehead atoms. The molecule has 2 amide bonds. The van der Waals surface area contributed by atoms with Crippen molar-refractivity contribution in [1.82, 2.24) is 45.7 Å². The summed E-state index contributed by atoms with van der Waals surface area (Å²) < 4.78 is 29.5. The summed E-state index contributed by atoms with van der Waals surface area (Å²) >= 11 is 5.43. The molecule has 0 radical (unpaired) electrons. The lowest BCUT2D eigenvalue weighted by Crippen LogP contribution is -2.50. The molecule has 4 aromatic heterocycles. The van der Waals surface area contributed by atoms with Gasteiger partial charge in [-0.3, -0.25) is 0 Å². The third-order valence-corrected chi connectivity index (χ3v) is 13.0. The van der Waals surface area contributed by atoms with Crippen molar-refractivity contribution >= 4 is 88.8 Å². The SMILES string of the molecule is C1CCOC1.C1CNCCN1.CC(C)(C)OC(=O)N1CCN(c2ccc(N)nc2)CC1.CC(C)(C)OC(=O)N1CCN(c2ccc([N+](=O)[O-])nc2)CC1.CC(C)(C)OC(=O)OC(=O)OC(C)(C)C.CCCCO.CO.Cl.O=[N+]([O-])c1ccc(Cl)cn1.O=[N+]([O-])c1ccc(N2CCNCC2)cn1. The van der Waals surface area contributed by atoms with Crippen LogP contribution >= 0.6 is 24.0 Å². The lowest BCUT2D eigenvalue weighted by Gasteiger charge is -2.36. The van der Waals surface area contributed by atoms with Gasteiger partial charge in [0.1, 0.15) is 28.2 Å². The second-order valence-electron chi connectivity index (χ2n) is 25.9. The van der Waals surface area contributed by atoms with E-state index in [4.69, 9.17) is 51.2 Å². The van der Waals surface area contributed by atoms with Crippen LogP contribution in [-0.2, 0) is 28.4 Å². The van der Waals surface area contributed by atoms with E-state index in [0.29, 0.717) is 56.7 Å². The van der Waals surface area contributed by atoms with E-state index in [2.05, 4.69) is 57.3 Å². The average molecular weight is 1470 g/mol. The zero-order valence-corrected chi connectivity index (χ0v) is 62.4. The second-order valence-corrected chi connectivity index (χ2v) is 26.3. The highest BCUT2D eigenvalue weighted by molar-refractivity contribution is 6.30. The number of aliphatic hydroxyl groups excluding tert-OH is 2. The first-order valence-electron chi connectivity index (χ1n) is 32.8. The molecule has 9 heterocycles. The van der Waals surface area contributed by atoms with Gasteiger partial charge in [0, 0.05) is 150 Å². The number of piperazine rings is 4. The average Bonchev–Trinajstić information content (AvgIpc) is 1.04. The molecule has 7 N–H and O–H groups in total. The molecule has 5 saturated heterocycles. The molecule has 5 fully saturated rings. The minimum absolute atomic E-state index is 0. The van der Waals surface area contributed by atoms with Gasteiger partial charge in [0.2, 0.25) is 0 Å². The van der Waals surface area contributed by atoms with Crippen molar-refractivity contribution in [1.29, 1.82) is 0 Å². The van der Waals surface area contributed by atoms with Gasteiger partial charge in [-0.05, 0) is 162 Å². The molecule has 101 heavy (non-hydrogen) atoms. The summed E-state index contributed by atoms with van der Waals surface area (Å²) in [6.07, 6.45) is 7.97. The monoisotopic (exact) mass is 1470 g/mol. The number of carbonyl (C=O) groups is 4. The Bertz CT molecular complexity index is 2920. The maximum absolute atomic E-state index is 12.0. The summed E-state index contributed by atoms with van der Waals surface area (Å²) in [5.41, 5.74) is 6.03. The summed E-state index contributed by atoms with van der Waals surface area (Å²) in [5.74, 6) is 0.0515. The Morgan fingerprint density at radius 1 is 0.515 bits per heavy atom. The maximum atomic E-state index is 12.0. The zero-order valence-electron chi connectivity index (χ0n) is 60.8. The van der Waals surface area contributed by atoms with E-state index in [0.717, 1.165) is 116 Å². The third kappa shape index (κ3) is 44.5. The minimum atomic E-state index is -1.06. The van der Waals surface area contributed by atoms with E-state index >= 15 is 0 Å². The highest BCUT2D eigenvalue weighted by atomic mass is 35.5. The molecule has 0 aliphatic carbocycles. The number of unbranched alkanes of at least 4 members (excludes halogenated alkanes) is 1. The van der Waals surface area contributed by atoms with E-state index in [1.165, 1.54) is 49.5 Å². The maximum Gasteiger partial charge on any atom is 0.519 e. The number of hydrogen-bond donors (Lipinski definition) is 6. The van der Waals surface area contributed by atoms with Gasteiger partial charge in [-0.25, -0.2) is 24.2 Å². The van der Waals surface area contributed by atoms with Gasteiger partial charge >= 0.3 is 42.0 Å². The Morgan fingerprint density at radius 2 is 0.842 bits per heavy atom. The number of pyridine rings is 4. The highest BCUT2D eigenvalue weighted by Crippen LogP contribution is 2.22. The Hall–Kier alpha value is -8.38. The lowest BCUT2D eigenvalue weighted by molar-refractivity contribution is -0.389. The second kappa shape index (κ2) is 49.2. The number of rotatable bonds is 8. The number of nitrogens with two attached hydrogens (primary N) is 1. The summed E-state index contributed by atoms with van der Waals surface area (Å²) in [5, 5.41) is 56.2. The van der Waals surface area contributed by atoms with E-state index < -0.39 is 49.5 Å². The van der Waals surface area contributed by atoms with Crippen LogP contribution in [0.25, 0.3) is 0 Å². The molecular formula is C65H108Cl2N16O18. The fourth-order valence-corrected chi connectivity index (χ4v) is 8.27. The van der Waals surface area contributed by atoms with E-state index in [-0.39, 0.29) is 42.0 Å². The van der Waals surface area contributed by atoms with Crippen LogP contribution in [0.1, 0.15) is 116 Å². The topological polar surface area (TPSA) is 423 Å². The Kier molecular flexibility index (Phi) is 45.1. The molecule has 0 saturated carbocycles. The molecule has 0 spiro atoms. The number of aromatic nitrogens is 4. The molecule has 0 unspecified atom stereocenters. The van der Waals surface area contributed by atoms with Crippen molar-refractivity contribution in [2.45, 2.75) is 138 Å². The Morgan fingerprint density at radius 3 is 1.09 bits per heavy atom. The van der Waals surface area contributed by atoms with Gasteiger partial charge in [0.15, 0.2) is 18.6 Å². The number of amides is 2. The fraction of sp³-hybridized carbons (Fsp3) is 0.631. The van der Waals surface area contributed by atoms with Crippen LogP contribution in [0.15, 0.2) is 73.3 Å². The third-order valence-electron chi connectivity index (χ3n) is 12.8. The summed E-state index contributed by atoms with van der Waals surface area (Å²) in [4.78, 5) is 100. The molecule has 5 aliphatic rings. The van der Waals surface area contributed by atoms with Crippen molar-refractivity contribution < 1.29 is 72.6 Å². The van der Waals surface area contributed by atoms with Gasteiger partial charge in [0.05, 0.1) is 28.3 Å². The zero-order chi connectivity index (χ0) is 75.5. The van der Waals surface area contributed by atoms with Crippen LogP contribution in [0.4, 0.5) is 59.5 Å². The molecule has 5 aliphatic heterocycles. The fourth-order valence-electron chi connectivity index (χ4n) is 8.16. The van der Waals surface area contributed by atoms with E-state index in [1.54, 1.807) is 81.9 Å². The normalized spacial score (nSPS) is 14.8. The number of anilines is 4. The molecule has 0 aromatic carbocycles.